The van der Waals surface area contributed by atoms with Gasteiger partial charge in [-0.05, 0) is 32.8 Å². The summed E-state index contributed by atoms with van der Waals surface area (Å²) in [5, 5.41) is 14.6. The van der Waals surface area contributed by atoms with Gasteiger partial charge < -0.3 is 11.2 Å². The molecule has 0 radical (unpaired) electrons. The number of anilines is 1. The Labute approximate surface area is 78.3 Å². The summed E-state index contributed by atoms with van der Waals surface area (Å²) in [6.07, 6.45) is 0. The molecule has 0 aliphatic carbocycles. The fourth-order valence-electron chi connectivity index (χ4n) is 0.866. The van der Waals surface area contributed by atoms with Crippen LogP contribution in [0.1, 0.15) is 5.56 Å². The van der Waals surface area contributed by atoms with Crippen molar-refractivity contribution in [3.05, 3.63) is 22.4 Å². The van der Waals surface area contributed by atoms with Gasteiger partial charge in [-0.2, -0.15) is 11.3 Å². The Morgan fingerprint density at radius 1 is 1.62 bits per heavy atom. The molecule has 0 unspecified atom stereocenters. The SMILES string of the molecule is Nc1nnnn1NCc1ccsc1. The number of rotatable bonds is 3. The van der Waals surface area contributed by atoms with Crippen LogP contribution in [0.25, 0.3) is 0 Å². The maximum Gasteiger partial charge on any atom is 0.260 e. The number of nitrogens with one attached hydrogen (secondary N) is 1. The highest BCUT2D eigenvalue weighted by atomic mass is 32.1. The van der Waals surface area contributed by atoms with Crippen molar-refractivity contribution in [1.29, 1.82) is 0 Å². The number of nitrogen functional groups attached to an aromatic ring is 1. The van der Waals surface area contributed by atoms with Crippen molar-refractivity contribution in [2.24, 2.45) is 0 Å². The van der Waals surface area contributed by atoms with Crippen LogP contribution in [0.2, 0.25) is 0 Å². The normalized spacial score (nSPS) is 10.2. The zero-order valence-corrected chi connectivity index (χ0v) is 7.53. The average molecular weight is 196 g/mol. The lowest BCUT2D eigenvalue weighted by atomic mass is 10.3. The van der Waals surface area contributed by atoms with E-state index >= 15 is 0 Å². The van der Waals surface area contributed by atoms with Crippen LogP contribution in [-0.2, 0) is 6.54 Å². The molecule has 0 spiro atoms. The summed E-state index contributed by atoms with van der Waals surface area (Å²) < 4.78 is 0. The first kappa shape index (κ1) is 7.99. The van der Waals surface area contributed by atoms with Gasteiger partial charge in [0.15, 0.2) is 0 Å². The minimum absolute atomic E-state index is 0.259. The summed E-state index contributed by atoms with van der Waals surface area (Å²) in [7, 11) is 0. The Kier molecular flexibility index (Phi) is 2.09. The number of tetrazole rings is 1. The molecule has 7 heteroatoms. The second-order valence-electron chi connectivity index (χ2n) is 2.42. The second-order valence-corrected chi connectivity index (χ2v) is 3.20. The van der Waals surface area contributed by atoms with Crippen molar-refractivity contribution in [2.75, 3.05) is 11.2 Å². The predicted molar refractivity (Wildman–Crippen MR) is 49.6 cm³/mol. The van der Waals surface area contributed by atoms with Gasteiger partial charge in [-0.25, -0.2) is 0 Å². The molecule has 0 saturated heterocycles. The third-order valence-corrected chi connectivity index (χ3v) is 2.24. The van der Waals surface area contributed by atoms with Gasteiger partial charge in [0.2, 0.25) is 0 Å². The van der Waals surface area contributed by atoms with Crippen LogP contribution in [0.4, 0.5) is 5.95 Å². The molecule has 2 aromatic rings. The maximum atomic E-state index is 5.45. The van der Waals surface area contributed by atoms with Crippen molar-refractivity contribution >= 4 is 17.3 Å². The molecule has 2 rings (SSSR count). The molecule has 0 bridgehead atoms. The number of nitrogens with zero attached hydrogens (tertiary/aromatic N) is 4. The first-order valence-electron chi connectivity index (χ1n) is 3.65. The molecule has 2 aromatic heterocycles. The van der Waals surface area contributed by atoms with Gasteiger partial charge in [0, 0.05) is 0 Å². The van der Waals surface area contributed by atoms with Crippen LogP contribution < -0.4 is 11.2 Å². The molecule has 2 heterocycles. The third kappa shape index (κ3) is 1.75. The molecule has 68 valence electrons. The lowest BCUT2D eigenvalue weighted by Crippen LogP contribution is -2.17. The van der Waals surface area contributed by atoms with Gasteiger partial charge in [0.1, 0.15) is 0 Å². The monoisotopic (exact) mass is 196 g/mol. The lowest BCUT2D eigenvalue weighted by Gasteiger charge is -2.02. The second kappa shape index (κ2) is 3.40. The topological polar surface area (TPSA) is 81.7 Å². The summed E-state index contributed by atoms with van der Waals surface area (Å²) in [4.78, 5) is 1.34. The lowest BCUT2D eigenvalue weighted by molar-refractivity contribution is 0.694. The van der Waals surface area contributed by atoms with E-state index in [1.165, 1.54) is 10.4 Å². The van der Waals surface area contributed by atoms with Crippen molar-refractivity contribution in [3.63, 3.8) is 0 Å². The quantitative estimate of drug-likeness (QED) is 0.725. The van der Waals surface area contributed by atoms with Gasteiger partial charge in [-0.15, -0.1) is 4.79 Å². The van der Waals surface area contributed by atoms with Crippen molar-refractivity contribution in [3.8, 4) is 0 Å². The van der Waals surface area contributed by atoms with E-state index < -0.39 is 0 Å². The molecule has 0 atom stereocenters. The fraction of sp³-hybridized carbons (Fsp3) is 0.167. The molecule has 0 saturated carbocycles. The molecule has 0 aliphatic rings. The molecule has 6 nitrogen and oxygen atoms in total. The number of aromatic nitrogens is 4. The summed E-state index contributed by atoms with van der Waals surface area (Å²) in [6, 6.07) is 2.03. The van der Waals surface area contributed by atoms with Crippen LogP contribution in [0.5, 0.6) is 0 Å². The zero-order chi connectivity index (χ0) is 9.10. The Morgan fingerprint density at radius 3 is 3.15 bits per heavy atom. The average Bonchev–Trinajstić information content (AvgIpc) is 2.72. The van der Waals surface area contributed by atoms with E-state index in [-0.39, 0.29) is 5.95 Å². The Balaban J connectivity index is 1.97. The molecule has 13 heavy (non-hydrogen) atoms. The van der Waals surface area contributed by atoms with Crippen LogP contribution in [0.3, 0.4) is 0 Å². The maximum absolute atomic E-state index is 5.45. The standard InChI is InChI=1S/C6H8N6S/c7-6-9-10-11-12(6)8-3-5-1-2-13-4-5/h1-2,4,8H,3H2,(H2,7,9,11). The first-order valence-corrected chi connectivity index (χ1v) is 4.59. The molecule has 0 fully saturated rings. The third-order valence-electron chi connectivity index (χ3n) is 1.51. The van der Waals surface area contributed by atoms with Crippen LogP contribution in [0.15, 0.2) is 16.8 Å². The van der Waals surface area contributed by atoms with E-state index in [4.69, 9.17) is 5.73 Å². The number of hydrogen-bond donors (Lipinski definition) is 2. The highest BCUT2D eigenvalue weighted by molar-refractivity contribution is 7.07. The van der Waals surface area contributed by atoms with Crippen LogP contribution in [0, 0.1) is 0 Å². The Hall–Kier alpha value is -1.63. The number of nitrogens with two attached hydrogens (primary N) is 1. The molecule has 3 N–H and O–H groups in total. The molecular weight excluding hydrogens is 188 g/mol. The van der Waals surface area contributed by atoms with E-state index in [0.717, 1.165) is 0 Å². The smallest absolute Gasteiger partial charge is 0.260 e. The first-order chi connectivity index (χ1) is 6.36. The fourth-order valence-corrected chi connectivity index (χ4v) is 1.53. The molecule has 0 aromatic carbocycles. The molecular formula is C6H8N6S. The summed E-state index contributed by atoms with van der Waals surface area (Å²) in [5.41, 5.74) is 9.58. The Morgan fingerprint density at radius 2 is 2.54 bits per heavy atom. The molecule has 0 amide bonds. The Bertz CT molecular complexity index is 366. The summed E-state index contributed by atoms with van der Waals surface area (Å²) in [6.45, 7) is 0.665. The van der Waals surface area contributed by atoms with E-state index in [2.05, 4.69) is 21.0 Å². The minimum atomic E-state index is 0.259. The van der Waals surface area contributed by atoms with E-state index in [0.29, 0.717) is 6.54 Å². The van der Waals surface area contributed by atoms with Crippen LogP contribution >= 0.6 is 11.3 Å². The number of hydrogen-bond acceptors (Lipinski definition) is 6. The highest BCUT2D eigenvalue weighted by Gasteiger charge is 1.99. The van der Waals surface area contributed by atoms with Gasteiger partial charge in [-0.3, -0.25) is 0 Å². The minimum Gasteiger partial charge on any atom is -0.365 e. The predicted octanol–water partition coefficient (Wildman–Crippen LogP) is 0.0605. The summed E-state index contributed by atoms with van der Waals surface area (Å²) >= 11 is 1.65. The van der Waals surface area contributed by atoms with Gasteiger partial charge in [0.25, 0.3) is 5.95 Å². The molecule has 0 aliphatic heterocycles. The van der Waals surface area contributed by atoms with Crippen molar-refractivity contribution < 1.29 is 0 Å². The van der Waals surface area contributed by atoms with Crippen LogP contribution in [-0.4, -0.2) is 20.3 Å². The highest BCUT2D eigenvalue weighted by Crippen LogP contribution is 2.05. The largest absolute Gasteiger partial charge is 0.365 e. The van der Waals surface area contributed by atoms with Crippen molar-refractivity contribution in [1.82, 2.24) is 20.3 Å². The van der Waals surface area contributed by atoms with Gasteiger partial charge in [-0.1, -0.05) is 5.10 Å². The zero-order valence-electron chi connectivity index (χ0n) is 6.71. The van der Waals surface area contributed by atoms with E-state index in [9.17, 15) is 0 Å². The summed E-state index contributed by atoms with van der Waals surface area (Å²) in [5.74, 6) is 0.259. The van der Waals surface area contributed by atoms with E-state index in [1.807, 2.05) is 16.8 Å². The van der Waals surface area contributed by atoms with Crippen molar-refractivity contribution in [2.45, 2.75) is 6.54 Å². The van der Waals surface area contributed by atoms with Gasteiger partial charge in [0.05, 0.1) is 6.54 Å². The van der Waals surface area contributed by atoms with E-state index in [1.54, 1.807) is 11.3 Å². The van der Waals surface area contributed by atoms with Gasteiger partial charge >= 0.3 is 0 Å². The number of thiophene rings is 1.